The van der Waals surface area contributed by atoms with Crippen LogP contribution in [0.1, 0.15) is 12.5 Å². The third kappa shape index (κ3) is 6.27. The van der Waals surface area contributed by atoms with Gasteiger partial charge in [-0.25, -0.2) is 0 Å². The van der Waals surface area contributed by atoms with E-state index in [1.54, 1.807) is 48.5 Å². The molecule has 0 spiro atoms. The van der Waals surface area contributed by atoms with Crippen LogP contribution in [0.15, 0.2) is 47.4 Å². The Kier molecular flexibility index (Phi) is 8.50. The molecule has 1 heterocycles. The summed E-state index contributed by atoms with van der Waals surface area (Å²) in [5.41, 5.74) is 1.16. The van der Waals surface area contributed by atoms with Gasteiger partial charge in [0.05, 0.1) is 24.3 Å². The summed E-state index contributed by atoms with van der Waals surface area (Å²) in [6.45, 7) is 1.41. The predicted molar refractivity (Wildman–Crippen MR) is 132 cm³/mol. The molecule has 2 amide bonds. The van der Waals surface area contributed by atoms with Crippen LogP contribution in [0.25, 0.3) is 6.08 Å². The number of para-hydroxylation sites is 2. The number of aliphatic carboxylic acids is 1. The number of carbonyl (C=O) groups excluding carboxylic acids is 2. The van der Waals surface area contributed by atoms with Crippen LogP contribution in [0.3, 0.4) is 0 Å². The minimum absolute atomic E-state index is 0.185. The Hall–Kier alpha value is -3.57. The fraction of sp³-hybridized carbons (Fsp3) is 0.217. The van der Waals surface area contributed by atoms with Crippen LogP contribution in [-0.4, -0.2) is 59.0 Å². The molecule has 9 nitrogen and oxygen atoms in total. The van der Waals surface area contributed by atoms with E-state index in [2.05, 4.69) is 5.32 Å². The Morgan fingerprint density at radius 2 is 1.91 bits per heavy atom. The van der Waals surface area contributed by atoms with Crippen LogP contribution >= 0.6 is 24.0 Å². The van der Waals surface area contributed by atoms with Crippen molar-refractivity contribution in [2.24, 2.45) is 0 Å². The second-order valence-electron chi connectivity index (χ2n) is 6.84. The number of hydrogen-bond acceptors (Lipinski definition) is 8. The number of benzene rings is 2. The Balaban J connectivity index is 1.71. The predicted octanol–water partition coefficient (Wildman–Crippen LogP) is 3.40. The summed E-state index contributed by atoms with van der Waals surface area (Å²) in [5, 5.41) is 11.7. The van der Waals surface area contributed by atoms with Crippen LogP contribution in [0, 0.1) is 0 Å². The fourth-order valence-electron chi connectivity index (χ4n) is 3.00. The number of carboxylic acids is 1. The summed E-state index contributed by atoms with van der Waals surface area (Å²) in [5.74, 6) is -0.715. The largest absolute Gasteiger partial charge is 0.495 e. The lowest BCUT2D eigenvalue weighted by atomic mass is 10.2. The molecular formula is C23H22N2O7S2. The minimum Gasteiger partial charge on any atom is -0.495 e. The van der Waals surface area contributed by atoms with Crippen LogP contribution in [-0.2, 0) is 14.4 Å². The molecule has 0 saturated carbocycles. The number of nitrogens with zero attached hydrogens (tertiary/aromatic N) is 1. The van der Waals surface area contributed by atoms with E-state index in [-0.39, 0.29) is 16.8 Å². The minimum atomic E-state index is -1.15. The molecule has 1 aliphatic heterocycles. The topological polar surface area (TPSA) is 114 Å². The molecule has 0 aromatic heterocycles. The number of hydrogen-bond donors (Lipinski definition) is 2. The zero-order valence-electron chi connectivity index (χ0n) is 18.4. The van der Waals surface area contributed by atoms with Gasteiger partial charge in [0.15, 0.2) is 18.1 Å². The van der Waals surface area contributed by atoms with E-state index in [0.717, 1.165) is 16.7 Å². The Morgan fingerprint density at radius 1 is 1.15 bits per heavy atom. The summed E-state index contributed by atoms with van der Waals surface area (Å²) in [6.07, 6.45) is 1.60. The molecule has 0 radical (unpaired) electrons. The summed E-state index contributed by atoms with van der Waals surface area (Å²) in [4.78, 5) is 37.1. The quantitative estimate of drug-likeness (QED) is 0.373. The van der Waals surface area contributed by atoms with Crippen molar-refractivity contribution in [1.82, 2.24) is 4.90 Å². The average molecular weight is 503 g/mol. The first-order chi connectivity index (χ1) is 16.3. The number of amides is 2. The van der Waals surface area contributed by atoms with E-state index in [1.165, 1.54) is 7.11 Å². The standard InChI is InChI=1S/C23H22N2O7S2/c1-3-31-18-10-14(11-19-22(29)25(12-21(27)28)23(33)34-19)8-9-17(18)32-13-20(26)24-15-6-4-5-7-16(15)30-2/h4-11H,3,12-13H2,1-2H3,(H,24,26)(H,27,28)/b19-11-. The first-order valence-electron chi connectivity index (χ1n) is 10.1. The molecule has 2 aromatic rings. The number of ether oxygens (including phenoxy) is 3. The third-order valence-electron chi connectivity index (χ3n) is 4.47. The highest BCUT2D eigenvalue weighted by atomic mass is 32.2. The maximum Gasteiger partial charge on any atom is 0.323 e. The van der Waals surface area contributed by atoms with E-state index < -0.39 is 18.4 Å². The SMILES string of the molecule is CCOc1cc(/C=C2\SC(=S)N(CC(=O)O)C2=O)ccc1OCC(=O)Nc1ccccc1OC. The molecule has 0 bridgehead atoms. The summed E-state index contributed by atoms with van der Waals surface area (Å²) >= 11 is 6.14. The summed E-state index contributed by atoms with van der Waals surface area (Å²) < 4.78 is 16.7. The normalized spacial score (nSPS) is 14.3. The van der Waals surface area contributed by atoms with Crippen molar-refractivity contribution < 1.29 is 33.7 Å². The molecule has 0 unspecified atom stereocenters. The highest BCUT2D eigenvalue weighted by Crippen LogP contribution is 2.35. The molecule has 0 atom stereocenters. The zero-order chi connectivity index (χ0) is 24.7. The van der Waals surface area contributed by atoms with E-state index in [0.29, 0.717) is 40.0 Å². The van der Waals surface area contributed by atoms with E-state index in [4.69, 9.17) is 31.5 Å². The number of rotatable bonds is 10. The van der Waals surface area contributed by atoms with Gasteiger partial charge in [-0.2, -0.15) is 0 Å². The van der Waals surface area contributed by atoms with Gasteiger partial charge < -0.3 is 24.6 Å². The molecule has 0 aliphatic carbocycles. The lowest BCUT2D eigenvalue weighted by Crippen LogP contribution is -2.33. The van der Waals surface area contributed by atoms with Crippen molar-refractivity contribution in [1.29, 1.82) is 0 Å². The van der Waals surface area contributed by atoms with Crippen LogP contribution in [0.5, 0.6) is 17.2 Å². The van der Waals surface area contributed by atoms with Crippen molar-refractivity contribution in [2.45, 2.75) is 6.92 Å². The van der Waals surface area contributed by atoms with Gasteiger partial charge in [0.25, 0.3) is 11.8 Å². The van der Waals surface area contributed by atoms with Gasteiger partial charge in [-0.15, -0.1) is 0 Å². The van der Waals surface area contributed by atoms with Crippen LogP contribution < -0.4 is 19.5 Å². The van der Waals surface area contributed by atoms with Gasteiger partial charge in [0.1, 0.15) is 16.6 Å². The van der Waals surface area contributed by atoms with E-state index in [1.807, 2.05) is 6.92 Å². The molecule has 2 N–H and O–H groups in total. The summed E-state index contributed by atoms with van der Waals surface area (Å²) in [7, 11) is 1.52. The second-order valence-corrected chi connectivity index (χ2v) is 8.51. The molecule has 3 rings (SSSR count). The number of thioether (sulfide) groups is 1. The van der Waals surface area contributed by atoms with Gasteiger partial charge in [0, 0.05) is 0 Å². The molecule has 178 valence electrons. The Bertz CT molecular complexity index is 1150. The van der Waals surface area contributed by atoms with Crippen LogP contribution in [0.4, 0.5) is 5.69 Å². The average Bonchev–Trinajstić information content (AvgIpc) is 3.06. The smallest absolute Gasteiger partial charge is 0.323 e. The maximum atomic E-state index is 12.5. The van der Waals surface area contributed by atoms with Crippen molar-refractivity contribution >= 4 is 57.8 Å². The monoisotopic (exact) mass is 502 g/mol. The van der Waals surface area contributed by atoms with Crippen molar-refractivity contribution in [3.05, 3.63) is 52.9 Å². The zero-order valence-corrected chi connectivity index (χ0v) is 20.0. The van der Waals surface area contributed by atoms with E-state index >= 15 is 0 Å². The molecular weight excluding hydrogens is 480 g/mol. The fourth-order valence-corrected chi connectivity index (χ4v) is 4.26. The van der Waals surface area contributed by atoms with Crippen LogP contribution in [0.2, 0.25) is 0 Å². The first kappa shape index (κ1) is 25.1. The number of thiocarbonyl (C=S) groups is 1. The Morgan fingerprint density at radius 3 is 2.62 bits per heavy atom. The number of carboxylic acid groups (broad SMARTS) is 1. The number of methoxy groups -OCH3 is 1. The molecule has 1 saturated heterocycles. The Labute approximate surface area is 205 Å². The van der Waals surface area contributed by atoms with Crippen molar-refractivity contribution in [3.8, 4) is 17.2 Å². The first-order valence-corrected chi connectivity index (χ1v) is 11.3. The van der Waals surface area contributed by atoms with Gasteiger partial charge >= 0.3 is 5.97 Å². The summed E-state index contributed by atoms with van der Waals surface area (Å²) in [6, 6.07) is 12.0. The second kappa shape index (κ2) is 11.5. The molecule has 1 fully saturated rings. The molecule has 1 aliphatic rings. The van der Waals surface area contributed by atoms with Gasteiger partial charge in [-0.05, 0) is 42.8 Å². The van der Waals surface area contributed by atoms with Gasteiger partial charge in [-0.1, -0.05) is 42.2 Å². The van der Waals surface area contributed by atoms with Crippen molar-refractivity contribution in [2.75, 3.05) is 32.2 Å². The highest BCUT2D eigenvalue weighted by molar-refractivity contribution is 8.26. The number of carbonyl (C=O) groups is 3. The lowest BCUT2D eigenvalue weighted by Gasteiger charge is -2.14. The molecule has 2 aromatic carbocycles. The lowest BCUT2D eigenvalue weighted by molar-refractivity contribution is -0.140. The molecule has 11 heteroatoms. The number of anilines is 1. The van der Waals surface area contributed by atoms with E-state index in [9.17, 15) is 14.4 Å². The highest BCUT2D eigenvalue weighted by Gasteiger charge is 2.33. The van der Waals surface area contributed by atoms with Gasteiger partial charge in [-0.3, -0.25) is 19.3 Å². The third-order valence-corrected chi connectivity index (χ3v) is 5.85. The van der Waals surface area contributed by atoms with Crippen molar-refractivity contribution in [3.63, 3.8) is 0 Å². The molecule has 34 heavy (non-hydrogen) atoms. The number of nitrogens with one attached hydrogen (secondary N) is 1. The maximum absolute atomic E-state index is 12.5. The van der Waals surface area contributed by atoms with Gasteiger partial charge in [0.2, 0.25) is 0 Å².